The van der Waals surface area contributed by atoms with E-state index in [1.165, 1.54) is 12.1 Å². The molecular formula is C12H13NO6. The van der Waals surface area contributed by atoms with Crippen molar-refractivity contribution in [3.63, 3.8) is 0 Å². The van der Waals surface area contributed by atoms with Crippen LogP contribution in [0.25, 0.3) is 0 Å². The first-order valence-electron chi connectivity index (χ1n) is 5.79. The highest BCUT2D eigenvalue weighted by Crippen LogP contribution is 2.40. The summed E-state index contributed by atoms with van der Waals surface area (Å²) in [4.78, 5) is 22.2. The largest absolute Gasteiger partial charge is 0.466 e. The Morgan fingerprint density at radius 3 is 2.68 bits per heavy atom. The van der Waals surface area contributed by atoms with Crippen LogP contribution in [0.4, 0.5) is 5.69 Å². The van der Waals surface area contributed by atoms with Crippen LogP contribution in [0, 0.1) is 10.1 Å². The van der Waals surface area contributed by atoms with Gasteiger partial charge in [-0.15, -0.1) is 0 Å². The minimum atomic E-state index is -0.741. The Hall–Kier alpha value is -2.31. The third kappa shape index (κ3) is 2.44. The first kappa shape index (κ1) is 13.1. The van der Waals surface area contributed by atoms with Crippen LogP contribution in [0.5, 0.6) is 11.5 Å². The average molecular weight is 267 g/mol. The molecule has 102 valence electrons. The smallest absolute Gasteiger partial charge is 0.313 e. The zero-order chi connectivity index (χ0) is 14.0. The lowest BCUT2D eigenvalue weighted by atomic mass is 9.98. The number of carbonyl (C=O) groups excluding carboxylic acids is 1. The van der Waals surface area contributed by atoms with Gasteiger partial charge in [0.2, 0.25) is 6.79 Å². The Balaban J connectivity index is 2.43. The van der Waals surface area contributed by atoms with Gasteiger partial charge in [0.1, 0.15) is 0 Å². The highest BCUT2D eigenvalue weighted by Gasteiger charge is 2.29. The van der Waals surface area contributed by atoms with Gasteiger partial charge in [-0.3, -0.25) is 14.9 Å². The first-order chi connectivity index (χ1) is 9.04. The molecule has 0 aliphatic carbocycles. The summed E-state index contributed by atoms with van der Waals surface area (Å²) >= 11 is 0. The second-order valence-corrected chi connectivity index (χ2v) is 4.00. The molecule has 0 aromatic heterocycles. The van der Waals surface area contributed by atoms with E-state index in [0.717, 1.165) is 0 Å². The second kappa shape index (κ2) is 5.13. The maximum absolute atomic E-state index is 11.7. The number of fused-ring (bicyclic) bond motifs is 1. The van der Waals surface area contributed by atoms with Crippen LogP contribution < -0.4 is 9.47 Å². The molecule has 19 heavy (non-hydrogen) atoms. The number of nitro benzene ring substituents is 1. The van der Waals surface area contributed by atoms with Crippen molar-refractivity contribution in [1.82, 2.24) is 0 Å². The number of esters is 1. The topological polar surface area (TPSA) is 87.9 Å². The minimum absolute atomic E-state index is 0.0176. The van der Waals surface area contributed by atoms with Crippen LogP contribution in [-0.4, -0.2) is 24.3 Å². The Bertz CT molecular complexity index is 527. The van der Waals surface area contributed by atoms with Crippen molar-refractivity contribution in [2.24, 2.45) is 0 Å². The summed E-state index contributed by atoms with van der Waals surface area (Å²) in [6.07, 6.45) is 0. The number of nitrogens with zero attached hydrogens (tertiary/aromatic N) is 1. The third-order valence-corrected chi connectivity index (χ3v) is 2.83. The molecule has 1 atom stereocenters. The zero-order valence-electron chi connectivity index (χ0n) is 10.5. The standard InChI is InChI=1S/C12H13NO6/c1-3-17-12(14)7(2)8-4-10-11(19-6-18-10)5-9(8)13(15)16/h4-5,7H,3,6H2,1-2H3. The quantitative estimate of drug-likeness (QED) is 0.471. The molecular weight excluding hydrogens is 254 g/mol. The van der Waals surface area contributed by atoms with Crippen molar-refractivity contribution < 1.29 is 23.9 Å². The monoisotopic (exact) mass is 267 g/mol. The first-order valence-corrected chi connectivity index (χ1v) is 5.79. The molecule has 0 spiro atoms. The fourth-order valence-electron chi connectivity index (χ4n) is 1.85. The molecule has 0 saturated heterocycles. The lowest BCUT2D eigenvalue weighted by Gasteiger charge is -2.11. The van der Waals surface area contributed by atoms with Crippen LogP contribution in [0.2, 0.25) is 0 Å². The molecule has 0 bridgehead atoms. The molecule has 7 heteroatoms. The van der Waals surface area contributed by atoms with Gasteiger partial charge in [-0.25, -0.2) is 0 Å². The van der Waals surface area contributed by atoms with E-state index >= 15 is 0 Å². The number of carbonyl (C=O) groups is 1. The number of benzene rings is 1. The number of rotatable bonds is 4. The Morgan fingerprint density at radius 1 is 1.47 bits per heavy atom. The predicted octanol–water partition coefficient (Wildman–Crippen LogP) is 1.99. The third-order valence-electron chi connectivity index (χ3n) is 2.83. The SMILES string of the molecule is CCOC(=O)C(C)c1cc2c(cc1[N+](=O)[O-])OCO2. The summed E-state index contributed by atoms with van der Waals surface area (Å²) in [6, 6.07) is 2.73. The van der Waals surface area contributed by atoms with E-state index in [-0.39, 0.29) is 24.7 Å². The van der Waals surface area contributed by atoms with Crippen molar-refractivity contribution >= 4 is 11.7 Å². The molecule has 0 fully saturated rings. The summed E-state index contributed by atoms with van der Waals surface area (Å²) in [5.41, 5.74) is 0.0810. The number of nitro groups is 1. The second-order valence-electron chi connectivity index (χ2n) is 4.00. The number of hydrogen-bond donors (Lipinski definition) is 0. The molecule has 2 rings (SSSR count). The average Bonchev–Trinajstić information content (AvgIpc) is 2.83. The van der Waals surface area contributed by atoms with Gasteiger partial charge in [-0.2, -0.15) is 0 Å². The molecule has 7 nitrogen and oxygen atoms in total. The summed E-state index contributed by atoms with van der Waals surface area (Å²) in [7, 11) is 0. The summed E-state index contributed by atoms with van der Waals surface area (Å²) in [5, 5.41) is 11.1. The summed E-state index contributed by atoms with van der Waals surface area (Å²) in [5.74, 6) is -0.539. The van der Waals surface area contributed by atoms with E-state index < -0.39 is 16.8 Å². The van der Waals surface area contributed by atoms with E-state index in [2.05, 4.69) is 0 Å². The van der Waals surface area contributed by atoms with Gasteiger partial charge in [-0.1, -0.05) is 0 Å². The van der Waals surface area contributed by atoms with Gasteiger partial charge in [0.25, 0.3) is 5.69 Å². The molecule has 1 heterocycles. The van der Waals surface area contributed by atoms with E-state index in [0.29, 0.717) is 11.5 Å². The molecule has 1 aliphatic rings. The minimum Gasteiger partial charge on any atom is -0.466 e. The molecule has 1 aliphatic heterocycles. The van der Waals surface area contributed by atoms with Crippen LogP contribution in [0.15, 0.2) is 12.1 Å². The lowest BCUT2D eigenvalue weighted by Crippen LogP contribution is -2.14. The van der Waals surface area contributed by atoms with E-state index in [1.54, 1.807) is 13.8 Å². The molecule has 0 saturated carbocycles. The highest BCUT2D eigenvalue weighted by molar-refractivity contribution is 5.80. The lowest BCUT2D eigenvalue weighted by molar-refractivity contribution is -0.385. The molecule has 1 aromatic carbocycles. The molecule has 0 amide bonds. The summed E-state index contributed by atoms with van der Waals surface area (Å²) in [6.45, 7) is 3.48. The van der Waals surface area contributed by atoms with Crippen molar-refractivity contribution in [2.75, 3.05) is 13.4 Å². The normalized spacial score (nSPS) is 14.0. The molecule has 1 unspecified atom stereocenters. The number of ether oxygens (including phenoxy) is 3. The van der Waals surface area contributed by atoms with Crippen molar-refractivity contribution in [3.8, 4) is 11.5 Å². The van der Waals surface area contributed by atoms with Gasteiger partial charge in [0, 0.05) is 5.56 Å². The summed E-state index contributed by atoms with van der Waals surface area (Å²) < 4.78 is 15.1. The van der Waals surface area contributed by atoms with Gasteiger partial charge >= 0.3 is 5.97 Å². The fraction of sp³-hybridized carbons (Fsp3) is 0.417. The van der Waals surface area contributed by atoms with E-state index in [4.69, 9.17) is 14.2 Å². The molecule has 0 N–H and O–H groups in total. The van der Waals surface area contributed by atoms with Crippen LogP contribution in [0.1, 0.15) is 25.3 Å². The maximum atomic E-state index is 11.7. The van der Waals surface area contributed by atoms with Crippen LogP contribution in [-0.2, 0) is 9.53 Å². The van der Waals surface area contributed by atoms with Crippen LogP contribution in [0.3, 0.4) is 0 Å². The van der Waals surface area contributed by atoms with E-state index in [9.17, 15) is 14.9 Å². The zero-order valence-corrected chi connectivity index (χ0v) is 10.5. The Labute approximate surface area is 109 Å². The maximum Gasteiger partial charge on any atom is 0.313 e. The van der Waals surface area contributed by atoms with Crippen molar-refractivity contribution in [3.05, 3.63) is 27.8 Å². The van der Waals surface area contributed by atoms with Crippen molar-refractivity contribution in [2.45, 2.75) is 19.8 Å². The Morgan fingerprint density at radius 2 is 2.11 bits per heavy atom. The van der Waals surface area contributed by atoms with E-state index in [1.807, 2.05) is 0 Å². The molecule has 1 aromatic rings. The fourth-order valence-corrected chi connectivity index (χ4v) is 1.85. The Kier molecular flexibility index (Phi) is 3.55. The van der Waals surface area contributed by atoms with Gasteiger partial charge in [-0.05, 0) is 19.9 Å². The molecule has 0 radical (unpaired) electrons. The number of hydrogen-bond acceptors (Lipinski definition) is 6. The van der Waals surface area contributed by atoms with Crippen LogP contribution >= 0.6 is 0 Å². The van der Waals surface area contributed by atoms with Crippen molar-refractivity contribution in [1.29, 1.82) is 0 Å². The predicted molar refractivity (Wildman–Crippen MR) is 64.3 cm³/mol. The van der Waals surface area contributed by atoms with Gasteiger partial charge in [0.15, 0.2) is 11.5 Å². The van der Waals surface area contributed by atoms with Gasteiger partial charge in [0.05, 0.1) is 23.5 Å². The highest BCUT2D eigenvalue weighted by atomic mass is 16.7. The van der Waals surface area contributed by atoms with Gasteiger partial charge < -0.3 is 14.2 Å².